The van der Waals surface area contributed by atoms with Crippen molar-refractivity contribution < 1.29 is 9.53 Å². The Hall–Kier alpha value is -3.43. The van der Waals surface area contributed by atoms with Gasteiger partial charge in [-0.2, -0.15) is 5.10 Å². The zero-order valence-electron chi connectivity index (χ0n) is 18.5. The summed E-state index contributed by atoms with van der Waals surface area (Å²) in [5.41, 5.74) is 6.69. The molecule has 0 saturated heterocycles. The minimum absolute atomic E-state index is 0.156. The van der Waals surface area contributed by atoms with Crippen LogP contribution in [0.5, 0.6) is 5.75 Å². The third-order valence-electron chi connectivity index (χ3n) is 4.88. The SMILES string of the molecule is COc1ccc(-n2c(SCC(=O)N/N=C/c3sccc3C)nnc2-c2ccc(C)cc2)cc1. The van der Waals surface area contributed by atoms with Gasteiger partial charge in [0.1, 0.15) is 5.75 Å². The van der Waals surface area contributed by atoms with Crippen molar-refractivity contribution in [2.24, 2.45) is 5.10 Å². The van der Waals surface area contributed by atoms with Crippen molar-refractivity contribution in [1.82, 2.24) is 20.2 Å². The number of thioether (sulfide) groups is 1. The molecule has 2 heterocycles. The van der Waals surface area contributed by atoms with Gasteiger partial charge in [0, 0.05) is 16.1 Å². The average Bonchev–Trinajstić information content (AvgIpc) is 3.44. The number of hydrogen-bond donors (Lipinski definition) is 1. The van der Waals surface area contributed by atoms with E-state index in [1.54, 1.807) is 24.7 Å². The predicted molar refractivity (Wildman–Crippen MR) is 134 cm³/mol. The zero-order valence-corrected chi connectivity index (χ0v) is 20.1. The van der Waals surface area contributed by atoms with Crippen molar-refractivity contribution >= 4 is 35.2 Å². The second-order valence-electron chi connectivity index (χ2n) is 7.26. The molecule has 2 aromatic heterocycles. The van der Waals surface area contributed by atoms with E-state index in [0.717, 1.165) is 27.4 Å². The molecule has 168 valence electrons. The van der Waals surface area contributed by atoms with E-state index in [0.29, 0.717) is 11.0 Å². The molecule has 0 unspecified atom stereocenters. The minimum Gasteiger partial charge on any atom is -0.497 e. The largest absolute Gasteiger partial charge is 0.497 e. The zero-order chi connectivity index (χ0) is 23.2. The fourth-order valence-corrected chi connectivity index (χ4v) is 4.59. The molecular weight excluding hydrogens is 454 g/mol. The van der Waals surface area contributed by atoms with Gasteiger partial charge in [-0.15, -0.1) is 21.5 Å². The van der Waals surface area contributed by atoms with Crippen LogP contribution in [0.25, 0.3) is 17.1 Å². The first-order valence-corrected chi connectivity index (χ1v) is 12.1. The number of ether oxygens (including phenoxy) is 1. The highest BCUT2D eigenvalue weighted by atomic mass is 32.2. The Bertz CT molecular complexity index is 1260. The number of rotatable bonds is 8. The Kier molecular flexibility index (Phi) is 7.21. The van der Waals surface area contributed by atoms with Gasteiger partial charge in [0.15, 0.2) is 11.0 Å². The molecule has 7 nitrogen and oxygen atoms in total. The molecule has 33 heavy (non-hydrogen) atoms. The van der Waals surface area contributed by atoms with Crippen molar-refractivity contribution in [3.63, 3.8) is 0 Å². The first-order chi connectivity index (χ1) is 16.0. The predicted octanol–water partition coefficient (Wildman–Crippen LogP) is 4.86. The Morgan fingerprint density at radius 2 is 1.88 bits per heavy atom. The summed E-state index contributed by atoms with van der Waals surface area (Å²) in [4.78, 5) is 13.4. The maximum atomic E-state index is 12.4. The summed E-state index contributed by atoms with van der Waals surface area (Å²) in [5, 5.41) is 15.5. The van der Waals surface area contributed by atoms with E-state index in [-0.39, 0.29) is 11.7 Å². The van der Waals surface area contributed by atoms with Crippen molar-refractivity contribution in [3.05, 3.63) is 76.0 Å². The minimum atomic E-state index is -0.216. The van der Waals surface area contributed by atoms with Crippen LogP contribution in [0.3, 0.4) is 0 Å². The summed E-state index contributed by atoms with van der Waals surface area (Å²) in [5.74, 6) is 1.40. The average molecular weight is 478 g/mol. The third kappa shape index (κ3) is 5.50. The molecular formula is C24H23N5O2S2. The lowest BCUT2D eigenvalue weighted by Crippen LogP contribution is -2.20. The van der Waals surface area contributed by atoms with Gasteiger partial charge < -0.3 is 4.74 Å². The third-order valence-corrected chi connectivity index (χ3v) is 6.76. The fraction of sp³-hybridized carbons (Fsp3) is 0.167. The molecule has 0 aliphatic carbocycles. The van der Waals surface area contributed by atoms with Crippen molar-refractivity contribution in [1.29, 1.82) is 0 Å². The molecule has 2 aromatic carbocycles. The van der Waals surface area contributed by atoms with Gasteiger partial charge in [-0.3, -0.25) is 9.36 Å². The van der Waals surface area contributed by atoms with Gasteiger partial charge in [-0.25, -0.2) is 5.43 Å². The van der Waals surface area contributed by atoms with Gasteiger partial charge in [0.2, 0.25) is 0 Å². The number of methoxy groups -OCH3 is 1. The van der Waals surface area contributed by atoms with Gasteiger partial charge in [-0.05, 0) is 55.1 Å². The van der Waals surface area contributed by atoms with E-state index in [1.807, 2.05) is 78.4 Å². The highest BCUT2D eigenvalue weighted by Crippen LogP contribution is 2.29. The molecule has 9 heteroatoms. The Morgan fingerprint density at radius 1 is 1.12 bits per heavy atom. The number of nitrogens with one attached hydrogen (secondary N) is 1. The molecule has 1 N–H and O–H groups in total. The van der Waals surface area contributed by atoms with Crippen LogP contribution < -0.4 is 10.2 Å². The molecule has 0 bridgehead atoms. The molecule has 0 fully saturated rings. The first-order valence-electron chi connectivity index (χ1n) is 10.2. The van der Waals surface area contributed by atoms with E-state index < -0.39 is 0 Å². The Labute approximate surface area is 200 Å². The molecule has 1 amide bonds. The summed E-state index contributed by atoms with van der Waals surface area (Å²) >= 11 is 2.88. The second-order valence-corrected chi connectivity index (χ2v) is 9.15. The van der Waals surface area contributed by atoms with E-state index in [1.165, 1.54) is 17.3 Å². The number of carbonyl (C=O) groups excluding carboxylic acids is 1. The van der Waals surface area contributed by atoms with Crippen molar-refractivity contribution in [2.75, 3.05) is 12.9 Å². The van der Waals surface area contributed by atoms with Crippen LogP contribution in [-0.2, 0) is 4.79 Å². The highest BCUT2D eigenvalue weighted by Gasteiger charge is 2.17. The smallest absolute Gasteiger partial charge is 0.250 e. The number of amides is 1. The van der Waals surface area contributed by atoms with Crippen LogP contribution in [0.1, 0.15) is 16.0 Å². The van der Waals surface area contributed by atoms with Gasteiger partial charge in [-0.1, -0.05) is 41.6 Å². The lowest BCUT2D eigenvalue weighted by Gasteiger charge is -2.11. The molecule has 0 spiro atoms. The lowest BCUT2D eigenvalue weighted by molar-refractivity contribution is -0.118. The number of nitrogens with zero attached hydrogens (tertiary/aromatic N) is 4. The Balaban J connectivity index is 1.54. The van der Waals surface area contributed by atoms with E-state index in [2.05, 4.69) is 20.7 Å². The maximum Gasteiger partial charge on any atom is 0.250 e. The number of thiophene rings is 1. The topological polar surface area (TPSA) is 81.4 Å². The summed E-state index contributed by atoms with van der Waals surface area (Å²) in [6.45, 7) is 4.05. The van der Waals surface area contributed by atoms with Gasteiger partial charge in [0.05, 0.1) is 19.1 Å². The van der Waals surface area contributed by atoms with E-state index >= 15 is 0 Å². The number of carbonyl (C=O) groups is 1. The van der Waals surface area contributed by atoms with Crippen LogP contribution in [-0.4, -0.2) is 39.7 Å². The van der Waals surface area contributed by atoms with Gasteiger partial charge in [0.25, 0.3) is 5.91 Å². The molecule has 4 rings (SSSR count). The summed E-state index contributed by atoms with van der Waals surface area (Å²) in [7, 11) is 1.63. The number of hydrazone groups is 1. The standard InChI is InChI=1S/C24H23N5O2S2/c1-16-4-6-18(7-5-16)23-27-28-24(29(23)19-8-10-20(31-3)11-9-19)33-15-22(30)26-25-14-21-17(2)12-13-32-21/h4-14H,15H2,1-3H3,(H,26,30)/b25-14+. The Morgan fingerprint density at radius 3 is 2.55 bits per heavy atom. The van der Waals surface area contributed by atoms with E-state index in [9.17, 15) is 4.79 Å². The molecule has 0 radical (unpaired) electrons. The van der Waals surface area contributed by atoms with Crippen molar-refractivity contribution in [3.8, 4) is 22.8 Å². The number of aryl methyl sites for hydroxylation is 2. The molecule has 0 aliphatic heterocycles. The van der Waals surface area contributed by atoms with Crippen LogP contribution in [0.2, 0.25) is 0 Å². The fourth-order valence-electron chi connectivity index (χ4n) is 3.06. The normalized spacial score (nSPS) is 11.1. The van der Waals surface area contributed by atoms with Crippen LogP contribution in [0.4, 0.5) is 0 Å². The molecule has 0 aliphatic rings. The summed E-state index contributed by atoms with van der Waals surface area (Å²) in [6.07, 6.45) is 1.66. The molecule has 0 atom stereocenters. The summed E-state index contributed by atoms with van der Waals surface area (Å²) in [6, 6.07) is 17.8. The molecule has 4 aromatic rings. The molecule has 0 saturated carbocycles. The number of aromatic nitrogens is 3. The second kappa shape index (κ2) is 10.5. The van der Waals surface area contributed by atoms with Crippen LogP contribution in [0, 0.1) is 13.8 Å². The lowest BCUT2D eigenvalue weighted by atomic mass is 10.1. The monoisotopic (exact) mass is 477 g/mol. The summed E-state index contributed by atoms with van der Waals surface area (Å²) < 4.78 is 7.23. The maximum absolute atomic E-state index is 12.4. The highest BCUT2D eigenvalue weighted by molar-refractivity contribution is 7.99. The van der Waals surface area contributed by atoms with Gasteiger partial charge >= 0.3 is 0 Å². The number of benzene rings is 2. The van der Waals surface area contributed by atoms with Crippen LogP contribution >= 0.6 is 23.1 Å². The quantitative estimate of drug-likeness (QED) is 0.223. The van der Waals surface area contributed by atoms with Crippen molar-refractivity contribution in [2.45, 2.75) is 19.0 Å². The van der Waals surface area contributed by atoms with Crippen LogP contribution in [0.15, 0.2) is 70.2 Å². The van der Waals surface area contributed by atoms with E-state index in [4.69, 9.17) is 4.74 Å². The number of hydrogen-bond acceptors (Lipinski definition) is 7. The first kappa shape index (κ1) is 22.8.